The van der Waals surface area contributed by atoms with E-state index in [-0.39, 0.29) is 12.1 Å². The number of aliphatic hydroxyl groups is 1. The van der Waals surface area contributed by atoms with Crippen LogP contribution >= 0.6 is 0 Å². The average Bonchev–Trinajstić information content (AvgIpc) is 3.20. The minimum Gasteiger partial charge on any atom is -0.388 e. The third-order valence-corrected chi connectivity index (χ3v) is 3.95. The molecule has 28 heavy (non-hydrogen) atoms. The van der Waals surface area contributed by atoms with Crippen molar-refractivity contribution in [2.45, 2.75) is 6.54 Å². The van der Waals surface area contributed by atoms with Crippen LogP contribution in [0, 0.1) is 17.0 Å². The number of aromatic nitrogens is 2. The first kappa shape index (κ1) is 19.2. The highest BCUT2D eigenvalue weighted by Crippen LogP contribution is 2.20. The van der Waals surface area contributed by atoms with E-state index < -0.39 is 30.1 Å². The molecule has 4 N–H and O–H groups in total. The fourth-order valence-corrected chi connectivity index (χ4v) is 2.61. The minimum absolute atomic E-state index is 0.154. The molecule has 1 heterocycles. The van der Waals surface area contributed by atoms with E-state index in [1.165, 1.54) is 0 Å². The van der Waals surface area contributed by atoms with E-state index in [1.54, 1.807) is 36.7 Å². The molecule has 0 bridgehead atoms. The van der Waals surface area contributed by atoms with Crippen LogP contribution in [0.4, 0.5) is 19.3 Å². The Morgan fingerprint density at radius 3 is 2.39 bits per heavy atom. The van der Waals surface area contributed by atoms with Gasteiger partial charge in [0.2, 0.25) is 0 Å². The fraction of sp³-hybridized carbons (Fsp3) is 0.105. The predicted molar refractivity (Wildman–Crippen MR) is 99.8 cm³/mol. The molecule has 0 aliphatic carbocycles. The Bertz CT molecular complexity index is 954. The zero-order valence-electron chi connectivity index (χ0n) is 14.6. The van der Waals surface area contributed by atoms with Crippen LogP contribution in [-0.2, 0) is 6.54 Å². The summed E-state index contributed by atoms with van der Waals surface area (Å²) in [5.74, 6) is -1.99. The second kappa shape index (κ2) is 8.40. The maximum Gasteiger partial charge on any atom is 0.327 e. The van der Waals surface area contributed by atoms with Gasteiger partial charge in [-0.3, -0.25) is 15.4 Å². The highest BCUT2D eigenvalue weighted by molar-refractivity contribution is 6.02. The number of amides is 2. The summed E-state index contributed by atoms with van der Waals surface area (Å²) in [6.07, 6.45) is 3.39. The quantitative estimate of drug-likeness (QED) is 0.400. The van der Waals surface area contributed by atoms with E-state index in [0.29, 0.717) is 11.8 Å². The number of halogens is 2. The van der Waals surface area contributed by atoms with E-state index >= 15 is 0 Å². The van der Waals surface area contributed by atoms with Gasteiger partial charge in [0, 0.05) is 23.5 Å². The molecule has 3 aromatic rings. The van der Waals surface area contributed by atoms with Crippen molar-refractivity contribution < 1.29 is 18.7 Å². The lowest BCUT2D eigenvalue weighted by atomic mass is 10.1. The van der Waals surface area contributed by atoms with Crippen molar-refractivity contribution in [3.63, 3.8) is 0 Å². The van der Waals surface area contributed by atoms with Gasteiger partial charge in [0.25, 0.3) is 0 Å². The van der Waals surface area contributed by atoms with Crippen LogP contribution in [0.2, 0.25) is 0 Å². The minimum atomic E-state index is -0.791. The summed E-state index contributed by atoms with van der Waals surface area (Å²) in [6.45, 7) is -0.975. The Morgan fingerprint density at radius 1 is 1.14 bits per heavy atom. The molecule has 7 nitrogen and oxygen atoms in total. The standard InChI is InChI=1S/C19H17F2N5O2/c20-15-5-12(6-16(21)7-15)10-26(18(22)11-27)19(28)25-17-3-1-13(2-4-17)14-8-23-24-9-14/h1-9,22,27H,10-11H2,(H,23,24)(H,25,28). The summed E-state index contributed by atoms with van der Waals surface area (Å²) in [5, 5.41) is 26.2. The number of anilines is 1. The van der Waals surface area contributed by atoms with Crippen LogP contribution in [0.15, 0.2) is 54.9 Å². The Hall–Kier alpha value is -3.59. The highest BCUT2D eigenvalue weighted by Gasteiger charge is 2.19. The van der Waals surface area contributed by atoms with Crippen LogP contribution in [0.25, 0.3) is 11.1 Å². The topological polar surface area (TPSA) is 105 Å². The molecule has 0 spiro atoms. The molecule has 9 heteroatoms. The molecule has 0 radical (unpaired) electrons. The molecular formula is C19H17F2N5O2. The van der Waals surface area contributed by atoms with Crippen LogP contribution in [0.1, 0.15) is 5.56 Å². The van der Waals surface area contributed by atoms with Crippen molar-refractivity contribution >= 4 is 17.6 Å². The first-order valence-electron chi connectivity index (χ1n) is 8.27. The number of aromatic amines is 1. The van der Waals surface area contributed by atoms with Gasteiger partial charge >= 0.3 is 6.03 Å². The van der Waals surface area contributed by atoms with E-state index in [2.05, 4.69) is 15.5 Å². The second-order valence-corrected chi connectivity index (χ2v) is 5.96. The average molecular weight is 385 g/mol. The molecule has 0 aliphatic heterocycles. The number of urea groups is 1. The third kappa shape index (κ3) is 4.57. The Morgan fingerprint density at radius 2 is 1.82 bits per heavy atom. The van der Waals surface area contributed by atoms with Gasteiger partial charge in [0.05, 0.1) is 12.7 Å². The van der Waals surface area contributed by atoms with Gasteiger partial charge in [0.15, 0.2) is 0 Å². The fourth-order valence-electron chi connectivity index (χ4n) is 2.61. The Kier molecular flexibility index (Phi) is 5.75. The zero-order chi connectivity index (χ0) is 20.1. The number of aliphatic hydroxyl groups excluding tert-OH is 1. The number of nitrogens with zero attached hydrogens (tertiary/aromatic N) is 2. The first-order chi connectivity index (χ1) is 13.5. The van der Waals surface area contributed by atoms with Crippen molar-refractivity contribution in [1.29, 1.82) is 5.41 Å². The number of H-pyrrole nitrogens is 1. The summed E-state index contributed by atoms with van der Waals surface area (Å²) < 4.78 is 26.8. The number of amidine groups is 1. The van der Waals surface area contributed by atoms with Crippen LogP contribution < -0.4 is 5.32 Å². The molecule has 2 amide bonds. The van der Waals surface area contributed by atoms with Gasteiger partial charge in [-0.1, -0.05) is 12.1 Å². The predicted octanol–water partition coefficient (Wildman–Crippen LogP) is 3.36. The van der Waals surface area contributed by atoms with E-state index in [4.69, 9.17) is 5.41 Å². The van der Waals surface area contributed by atoms with Gasteiger partial charge < -0.3 is 10.4 Å². The SMILES string of the molecule is N=C(CO)N(Cc1cc(F)cc(F)c1)C(=O)Nc1ccc(-c2cn[nH]c2)cc1. The number of nitrogens with one attached hydrogen (secondary N) is 3. The number of hydrogen-bond acceptors (Lipinski definition) is 4. The van der Waals surface area contributed by atoms with Crippen molar-refractivity contribution in [3.8, 4) is 11.1 Å². The van der Waals surface area contributed by atoms with Gasteiger partial charge in [-0.05, 0) is 35.4 Å². The Labute approximate surface area is 159 Å². The second-order valence-electron chi connectivity index (χ2n) is 5.96. The van der Waals surface area contributed by atoms with Crippen molar-refractivity contribution in [2.24, 2.45) is 0 Å². The molecule has 3 rings (SSSR count). The molecule has 1 aromatic heterocycles. The summed E-state index contributed by atoms with van der Waals surface area (Å²) in [4.78, 5) is 13.5. The number of carbonyl (C=O) groups is 1. The smallest absolute Gasteiger partial charge is 0.327 e. The molecule has 0 saturated carbocycles. The maximum atomic E-state index is 13.4. The zero-order valence-corrected chi connectivity index (χ0v) is 14.6. The van der Waals surface area contributed by atoms with Gasteiger partial charge in [-0.25, -0.2) is 13.6 Å². The number of carbonyl (C=O) groups excluding carboxylic acids is 1. The van der Waals surface area contributed by atoms with Crippen LogP contribution in [0.5, 0.6) is 0 Å². The molecule has 2 aromatic carbocycles. The van der Waals surface area contributed by atoms with Crippen LogP contribution in [-0.4, -0.2) is 38.7 Å². The molecule has 0 atom stereocenters. The lowest BCUT2D eigenvalue weighted by Crippen LogP contribution is -2.40. The normalized spacial score (nSPS) is 10.5. The summed E-state index contributed by atoms with van der Waals surface area (Å²) >= 11 is 0. The molecular weight excluding hydrogens is 368 g/mol. The third-order valence-electron chi connectivity index (χ3n) is 3.95. The van der Waals surface area contributed by atoms with Gasteiger partial charge in [-0.2, -0.15) is 5.10 Å². The molecule has 0 fully saturated rings. The molecule has 0 saturated heterocycles. The summed E-state index contributed by atoms with van der Waals surface area (Å²) in [5.41, 5.74) is 2.39. The number of hydrogen-bond donors (Lipinski definition) is 4. The molecule has 144 valence electrons. The maximum absolute atomic E-state index is 13.4. The van der Waals surface area contributed by atoms with Crippen LogP contribution in [0.3, 0.4) is 0 Å². The monoisotopic (exact) mass is 385 g/mol. The van der Waals surface area contributed by atoms with E-state index in [1.807, 2.05) is 0 Å². The molecule has 0 unspecified atom stereocenters. The Balaban J connectivity index is 1.75. The molecule has 0 aliphatic rings. The number of rotatable bonds is 5. The summed E-state index contributed by atoms with van der Waals surface area (Å²) in [7, 11) is 0. The lowest BCUT2D eigenvalue weighted by Gasteiger charge is -2.23. The first-order valence-corrected chi connectivity index (χ1v) is 8.27. The van der Waals surface area contributed by atoms with Crippen molar-refractivity contribution in [3.05, 3.63) is 72.1 Å². The van der Waals surface area contributed by atoms with Gasteiger partial charge in [-0.15, -0.1) is 0 Å². The lowest BCUT2D eigenvalue weighted by molar-refractivity contribution is 0.228. The number of benzene rings is 2. The summed E-state index contributed by atoms with van der Waals surface area (Å²) in [6, 6.07) is 9.04. The van der Waals surface area contributed by atoms with E-state index in [9.17, 15) is 18.7 Å². The van der Waals surface area contributed by atoms with Crippen molar-refractivity contribution in [2.75, 3.05) is 11.9 Å². The van der Waals surface area contributed by atoms with E-state index in [0.717, 1.165) is 28.2 Å². The largest absolute Gasteiger partial charge is 0.388 e. The van der Waals surface area contributed by atoms with Gasteiger partial charge in [0.1, 0.15) is 24.1 Å². The van der Waals surface area contributed by atoms with Crippen molar-refractivity contribution in [1.82, 2.24) is 15.1 Å². The highest BCUT2D eigenvalue weighted by atomic mass is 19.1.